The zero-order valence-corrected chi connectivity index (χ0v) is 10.6. The number of nitrogens with one attached hydrogen (secondary N) is 2. The maximum Gasteiger partial charge on any atom is 0.109 e. The van der Waals surface area contributed by atoms with Gasteiger partial charge in [-0.1, -0.05) is 13.8 Å². The van der Waals surface area contributed by atoms with Crippen LogP contribution in [-0.2, 0) is 0 Å². The lowest BCUT2D eigenvalue weighted by atomic mass is 10.1. The Bertz CT molecular complexity index is 248. The minimum absolute atomic E-state index is 0.370. The number of hydrogen-bond donors (Lipinski definition) is 2. The average Bonchev–Trinajstić information content (AvgIpc) is 2.76. The van der Waals surface area contributed by atoms with Gasteiger partial charge < -0.3 is 10.6 Å². The van der Waals surface area contributed by atoms with Crippen molar-refractivity contribution in [2.75, 3.05) is 19.6 Å². The quantitative estimate of drug-likeness (QED) is 0.748. The maximum absolute atomic E-state index is 4.30. The van der Waals surface area contributed by atoms with Gasteiger partial charge in [-0.15, -0.1) is 11.3 Å². The Morgan fingerprint density at radius 3 is 2.80 bits per heavy atom. The van der Waals surface area contributed by atoms with E-state index in [4.69, 9.17) is 0 Å². The molecule has 0 spiro atoms. The van der Waals surface area contributed by atoms with Gasteiger partial charge in [0.2, 0.25) is 0 Å². The summed E-state index contributed by atoms with van der Waals surface area (Å²) in [7, 11) is 0. The monoisotopic (exact) mass is 227 g/mol. The Hall–Kier alpha value is -0.450. The zero-order chi connectivity index (χ0) is 11.1. The van der Waals surface area contributed by atoms with E-state index in [-0.39, 0.29) is 0 Å². The molecule has 1 rings (SSSR count). The molecule has 0 radical (unpaired) electrons. The van der Waals surface area contributed by atoms with Crippen LogP contribution in [0.1, 0.15) is 31.8 Å². The van der Waals surface area contributed by atoms with E-state index in [0.717, 1.165) is 19.6 Å². The summed E-state index contributed by atoms with van der Waals surface area (Å²) in [5.74, 6) is 0.660. The highest BCUT2D eigenvalue weighted by molar-refractivity contribution is 7.09. The Balaban J connectivity index is 2.19. The van der Waals surface area contributed by atoms with E-state index in [1.807, 2.05) is 11.6 Å². The number of thiazole rings is 1. The van der Waals surface area contributed by atoms with Crippen molar-refractivity contribution in [3.8, 4) is 0 Å². The van der Waals surface area contributed by atoms with E-state index < -0.39 is 0 Å². The second-order valence-electron chi connectivity index (χ2n) is 3.91. The van der Waals surface area contributed by atoms with Crippen LogP contribution in [0.3, 0.4) is 0 Å². The van der Waals surface area contributed by atoms with Crippen molar-refractivity contribution >= 4 is 11.3 Å². The van der Waals surface area contributed by atoms with Gasteiger partial charge in [-0.25, -0.2) is 4.98 Å². The van der Waals surface area contributed by atoms with E-state index in [9.17, 15) is 0 Å². The molecule has 1 aromatic heterocycles. The molecule has 0 aromatic carbocycles. The molecule has 2 unspecified atom stereocenters. The summed E-state index contributed by atoms with van der Waals surface area (Å²) in [6.45, 7) is 9.72. The number of aromatic nitrogens is 1. The molecular weight excluding hydrogens is 206 g/mol. The first kappa shape index (κ1) is 12.6. The standard InChI is InChI=1S/C11H21N3S/c1-4-12-7-9(2)8-14-10(3)11-13-5-6-15-11/h5-6,9-10,12,14H,4,7-8H2,1-3H3. The van der Waals surface area contributed by atoms with Crippen LogP contribution in [0.4, 0.5) is 0 Å². The van der Waals surface area contributed by atoms with Crippen LogP contribution in [0, 0.1) is 5.92 Å². The Kier molecular flexibility index (Phi) is 5.83. The van der Waals surface area contributed by atoms with Gasteiger partial charge in [-0.05, 0) is 32.5 Å². The van der Waals surface area contributed by atoms with E-state index in [0.29, 0.717) is 12.0 Å². The fraction of sp³-hybridized carbons (Fsp3) is 0.727. The minimum atomic E-state index is 0.370. The van der Waals surface area contributed by atoms with Crippen LogP contribution < -0.4 is 10.6 Å². The van der Waals surface area contributed by atoms with Crippen molar-refractivity contribution in [3.05, 3.63) is 16.6 Å². The largest absolute Gasteiger partial charge is 0.317 e. The van der Waals surface area contributed by atoms with Gasteiger partial charge in [0.1, 0.15) is 5.01 Å². The third-order valence-corrected chi connectivity index (χ3v) is 3.30. The third-order valence-electron chi connectivity index (χ3n) is 2.34. The molecule has 0 bridgehead atoms. The topological polar surface area (TPSA) is 37.0 Å². The summed E-state index contributed by atoms with van der Waals surface area (Å²) in [5.41, 5.74) is 0. The molecule has 15 heavy (non-hydrogen) atoms. The SMILES string of the molecule is CCNCC(C)CNC(C)c1nccs1. The molecule has 0 aliphatic heterocycles. The molecule has 4 heteroatoms. The van der Waals surface area contributed by atoms with Crippen molar-refractivity contribution in [1.82, 2.24) is 15.6 Å². The summed E-state index contributed by atoms with van der Waals surface area (Å²) in [5, 5.41) is 10.1. The van der Waals surface area contributed by atoms with Crippen LogP contribution in [0.15, 0.2) is 11.6 Å². The molecule has 0 aliphatic carbocycles. The van der Waals surface area contributed by atoms with Crippen molar-refractivity contribution < 1.29 is 0 Å². The third kappa shape index (κ3) is 4.73. The van der Waals surface area contributed by atoms with Crippen molar-refractivity contribution in [3.63, 3.8) is 0 Å². The number of nitrogens with zero attached hydrogens (tertiary/aromatic N) is 1. The van der Waals surface area contributed by atoms with Gasteiger partial charge in [0, 0.05) is 11.6 Å². The molecular formula is C11H21N3S. The molecule has 2 N–H and O–H groups in total. The second-order valence-corrected chi connectivity index (χ2v) is 4.84. The first-order valence-electron chi connectivity index (χ1n) is 5.57. The summed E-state index contributed by atoms with van der Waals surface area (Å²) < 4.78 is 0. The van der Waals surface area contributed by atoms with Gasteiger partial charge >= 0.3 is 0 Å². The highest BCUT2D eigenvalue weighted by atomic mass is 32.1. The van der Waals surface area contributed by atoms with E-state index in [2.05, 4.69) is 36.4 Å². The van der Waals surface area contributed by atoms with Crippen molar-refractivity contribution in [2.45, 2.75) is 26.8 Å². The second kappa shape index (κ2) is 6.93. The fourth-order valence-electron chi connectivity index (χ4n) is 1.38. The van der Waals surface area contributed by atoms with Crippen LogP contribution in [0.2, 0.25) is 0 Å². The lowest BCUT2D eigenvalue weighted by Gasteiger charge is -2.16. The predicted octanol–water partition coefficient (Wildman–Crippen LogP) is 2.04. The fourth-order valence-corrected chi connectivity index (χ4v) is 2.05. The lowest BCUT2D eigenvalue weighted by Crippen LogP contribution is -2.30. The van der Waals surface area contributed by atoms with Crippen LogP contribution in [0.25, 0.3) is 0 Å². The Morgan fingerprint density at radius 2 is 2.20 bits per heavy atom. The summed E-state index contributed by atoms with van der Waals surface area (Å²) in [6.07, 6.45) is 1.86. The zero-order valence-electron chi connectivity index (χ0n) is 9.79. The smallest absolute Gasteiger partial charge is 0.109 e. The Morgan fingerprint density at radius 1 is 1.40 bits per heavy atom. The predicted molar refractivity (Wildman–Crippen MR) is 66.2 cm³/mol. The van der Waals surface area contributed by atoms with E-state index in [1.165, 1.54) is 5.01 Å². The highest BCUT2D eigenvalue weighted by Crippen LogP contribution is 2.14. The van der Waals surface area contributed by atoms with Gasteiger partial charge in [0.15, 0.2) is 0 Å². The number of rotatable bonds is 7. The van der Waals surface area contributed by atoms with Crippen LogP contribution >= 0.6 is 11.3 Å². The average molecular weight is 227 g/mol. The van der Waals surface area contributed by atoms with Crippen LogP contribution in [-0.4, -0.2) is 24.6 Å². The highest BCUT2D eigenvalue weighted by Gasteiger charge is 2.08. The minimum Gasteiger partial charge on any atom is -0.317 e. The Labute approximate surface area is 96.3 Å². The normalized spacial score (nSPS) is 15.1. The molecule has 0 saturated carbocycles. The van der Waals surface area contributed by atoms with E-state index in [1.54, 1.807) is 11.3 Å². The summed E-state index contributed by atoms with van der Waals surface area (Å²) in [4.78, 5) is 4.30. The first-order valence-corrected chi connectivity index (χ1v) is 6.45. The van der Waals surface area contributed by atoms with Crippen molar-refractivity contribution in [2.24, 2.45) is 5.92 Å². The maximum atomic E-state index is 4.30. The first-order chi connectivity index (χ1) is 7.24. The molecule has 0 saturated heterocycles. The molecule has 0 fully saturated rings. The van der Waals surface area contributed by atoms with Gasteiger partial charge in [0.25, 0.3) is 0 Å². The van der Waals surface area contributed by atoms with Gasteiger partial charge in [-0.3, -0.25) is 0 Å². The molecule has 3 nitrogen and oxygen atoms in total. The number of hydrogen-bond acceptors (Lipinski definition) is 4. The molecule has 86 valence electrons. The molecule has 0 amide bonds. The molecule has 1 aromatic rings. The molecule has 0 aliphatic rings. The van der Waals surface area contributed by atoms with Gasteiger partial charge in [-0.2, -0.15) is 0 Å². The summed E-state index contributed by atoms with van der Waals surface area (Å²) in [6, 6.07) is 0.370. The van der Waals surface area contributed by atoms with Gasteiger partial charge in [0.05, 0.1) is 6.04 Å². The lowest BCUT2D eigenvalue weighted by molar-refractivity contribution is 0.448. The van der Waals surface area contributed by atoms with E-state index >= 15 is 0 Å². The van der Waals surface area contributed by atoms with Crippen LogP contribution in [0.5, 0.6) is 0 Å². The van der Waals surface area contributed by atoms with Crippen molar-refractivity contribution in [1.29, 1.82) is 0 Å². The molecule has 1 heterocycles. The summed E-state index contributed by atoms with van der Waals surface area (Å²) >= 11 is 1.71. The molecule has 2 atom stereocenters.